The Labute approximate surface area is 134 Å². The smallest absolute Gasteiger partial charge is 0.234 e. The van der Waals surface area contributed by atoms with E-state index in [9.17, 15) is 4.79 Å². The molecule has 118 valence electrons. The summed E-state index contributed by atoms with van der Waals surface area (Å²) < 4.78 is 7.24. The standard InChI is InChI=1S/C15H20N4O2S/c1-4-13-17-18-15(19(13)5-2)22-10-14(20)16-11-8-6-7-9-12(11)21-3/h6-9H,4-5,10H2,1-3H3,(H,16,20). The summed E-state index contributed by atoms with van der Waals surface area (Å²) in [6.07, 6.45) is 0.828. The molecule has 6 nitrogen and oxygen atoms in total. The van der Waals surface area contributed by atoms with E-state index in [0.29, 0.717) is 11.4 Å². The van der Waals surface area contributed by atoms with Crippen molar-refractivity contribution >= 4 is 23.4 Å². The van der Waals surface area contributed by atoms with E-state index >= 15 is 0 Å². The van der Waals surface area contributed by atoms with E-state index in [-0.39, 0.29) is 11.7 Å². The molecule has 0 atom stereocenters. The fourth-order valence-electron chi connectivity index (χ4n) is 2.07. The zero-order valence-corrected chi connectivity index (χ0v) is 13.8. The van der Waals surface area contributed by atoms with Crippen molar-refractivity contribution < 1.29 is 9.53 Å². The second-order valence-electron chi connectivity index (χ2n) is 4.53. The maximum Gasteiger partial charge on any atom is 0.234 e. The first-order valence-electron chi connectivity index (χ1n) is 7.17. The molecule has 0 spiro atoms. The lowest BCUT2D eigenvalue weighted by Crippen LogP contribution is -2.15. The summed E-state index contributed by atoms with van der Waals surface area (Å²) in [6, 6.07) is 7.33. The van der Waals surface area contributed by atoms with Gasteiger partial charge in [-0.25, -0.2) is 0 Å². The largest absolute Gasteiger partial charge is 0.495 e. The average Bonchev–Trinajstić information content (AvgIpc) is 2.95. The molecule has 0 aliphatic carbocycles. The lowest BCUT2D eigenvalue weighted by molar-refractivity contribution is -0.113. The summed E-state index contributed by atoms with van der Waals surface area (Å²) in [6.45, 7) is 4.88. The van der Waals surface area contributed by atoms with Crippen LogP contribution in [0.4, 0.5) is 5.69 Å². The van der Waals surface area contributed by atoms with E-state index in [4.69, 9.17) is 4.74 Å². The summed E-state index contributed by atoms with van der Waals surface area (Å²) in [7, 11) is 1.58. The van der Waals surface area contributed by atoms with Crippen LogP contribution in [0.2, 0.25) is 0 Å². The number of benzene rings is 1. The summed E-state index contributed by atoms with van der Waals surface area (Å²) in [5.41, 5.74) is 0.668. The molecule has 2 aromatic rings. The van der Waals surface area contributed by atoms with Crippen LogP contribution in [0.3, 0.4) is 0 Å². The van der Waals surface area contributed by atoms with Crippen molar-refractivity contribution in [2.24, 2.45) is 0 Å². The average molecular weight is 320 g/mol. The molecule has 7 heteroatoms. The number of thioether (sulfide) groups is 1. The fraction of sp³-hybridized carbons (Fsp3) is 0.400. The molecule has 0 bridgehead atoms. The number of hydrogen-bond acceptors (Lipinski definition) is 5. The van der Waals surface area contributed by atoms with Crippen LogP contribution in [-0.4, -0.2) is 33.5 Å². The number of carbonyl (C=O) groups excluding carboxylic acids is 1. The number of nitrogens with one attached hydrogen (secondary N) is 1. The van der Waals surface area contributed by atoms with E-state index in [0.717, 1.165) is 23.9 Å². The summed E-state index contributed by atoms with van der Waals surface area (Å²) in [5, 5.41) is 11.9. The van der Waals surface area contributed by atoms with Crippen LogP contribution in [0, 0.1) is 0 Å². The molecule has 0 fully saturated rings. The van der Waals surface area contributed by atoms with Crippen molar-refractivity contribution in [3.05, 3.63) is 30.1 Å². The van der Waals surface area contributed by atoms with Gasteiger partial charge in [-0.3, -0.25) is 4.79 Å². The Morgan fingerprint density at radius 1 is 1.32 bits per heavy atom. The molecule has 0 saturated carbocycles. The molecule has 0 aliphatic rings. The van der Waals surface area contributed by atoms with Crippen LogP contribution >= 0.6 is 11.8 Å². The number of hydrogen-bond donors (Lipinski definition) is 1. The third-order valence-electron chi connectivity index (χ3n) is 3.14. The number of aryl methyl sites for hydroxylation is 1. The molecule has 0 radical (unpaired) electrons. The van der Waals surface area contributed by atoms with Gasteiger partial charge < -0.3 is 14.6 Å². The molecule has 1 amide bonds. The number of amides is 1. The Balaban J connectivity index is 1.97. The van der Waals surface area contributed by atoms with Crippen molar-refractivity contribution in [3.8, 4) is 5.75 Å². The SMILES string of the molecule is CCc1nnc(SCC(=O)Nc2ccccc2OC)n1CC. The highest BCUT2D eigenvalue weighted by molar-refractivity contribution is 7.99. The van der Waals surface area contributed by atoms with Gasteiger partial charge in [-0.1, -0.05) is 30.8 Å². The van der Waals surface area contributed by atoms with Gasteiger partial charge in [-0.15, -0.1) is 10.2 Å². The highest BCUT2D eigenvalue weighted by Gasteiger charge is 2.13. The Bertz CT molecular complexity index is 642. The van der Waals surface area contributed by atoms with Crippen molar-refractivity contribution in [2.75, 3.05) is 18.2 Å². The van der Waals surface area contributed by atoms with E-state index in [1.54, 1.807) is 7.11 Å². The summed E-state index contributed by atoms with van der Waals surface area (Å²) >= 11 is 1.39. The molecule has 1 aromatic heterocycles. The third-order valence-corrected chi connectivity index (χ3v) is 4.11. The Kier molecular flexibility index (Phi) is 5.83. The molecule has 0 unspecified atom stereocenters. The molecule has 1 heterocycles. The molecule has 2 rings (SSSR count). The number of nitrogens with zero attached hydrogens (tertiary/aromatic N) is 3. The van der Waals surface area contributed by atoms with Crippen molar-refractivity contribution in [2.45, 2.75) is 32.0 Å². The van der Waals surface area contributed by atoms with Gasteiger partial charge in [0, 0.05) is 13.0 Å². The first-order chi connectivity index (χ1) is 10.7. The normalized spacial score (nSPS) is 10.5. The van der Waals surface area contributed by atoms with Crippen molar-refractivity contribution in [1.29, 1.82) is 0 Å². The molecular weight excluding hydrogens is 300 g/mol. The van der Waals surface area contributed by atoms with Gasteiger partial charge >= 0.3 is 0 Å². The Morgan fingerprint density at radius 3 is 2.77 bits per heavy atom. The van der Waals surface area contributed by atoms with Crippen LogP contribution in [0.1, 0.15) is 19.7 Å². The van der Waals surface area contributed by atoms with Crippen molar-refractivity contribution in [1.82, 2.24) is 14.8 Å². The second kappa shape index (κ2) is 7.84. The topological polar surface area (TPSA) is 69.0 Å². The number of aromatic nitrogens is 3. The van der Waals surface area contributed by atoms with Gasteiger partial charge in [0.25, 0.3) is 0 Å². The van der Waals surface area contributed by atoms with Crippen LogP contribution in [0.15, 0.2) is 29.4 Å². The van der Waals surface area contributed by atoms with Gasteiger partial charge in [-0.2, -0.15) is 0 Å². The molecule has 0 aliphatic heterocycles. The van der Waals surface area contributed by atoms with Crippen LogP contribution in [0.25, 0.3) is 0 Å². The number of para-hydroxylation sites is 2. The Hall–Kier alpha value is -2.02. The zero-order chi connectivity index (χ0) is 15.9. The minimum Gasteiger partial charge on any atom is -0.495 e. The van der Waals surface area contributed by atoms with Gasteiger partial charge in [0.15, 0.2) is 5.16 Å². The lowest BCUT2D eigenvalue weighted by Gasteiger charge is -2.10. The summed E-state index contributed by atoms with van der Waals surface area (Å²) in [5.74, 6) is 1.76. The molecule has 22 heavy (non-hydrogen) atoms. The van der Waals surface area contributed by atoms with E-state index in [1.165, 1.54) is 11.8 Å². The first kappa shape index (κ1) is 16.4. The van der Waals surface area contributed by atoms with Gasteiger partial charge in [0.1, 0.15) is 11.6 Å². The number of methoxy groups -OCH3 is 1. The van der Waals surface area contributed by atoms with E-state index in [2.05, 4.69) is 15.5 Å². The number of rotatable bonds is 7. The maximum absolute atomic E-state index is 12.1. The van der Waals surface area contributed by atoms with Crippen LogP contribution in [-0.2, 0) is 17.8 Å². The van der Waals surface area contributed by atoms with Gasteiger partial charge in [0.05, 0.1) is 18.6 Å². The number of anilines is 1. The minimum absolute atomic E-state index is 0.0989. The number of carbonyl (C=O) groups is 1. The summed E-state index contributed by atoms with van der Waals surface area (Å²) in [4.78, 5) is 12.1. The van der Waals surface area contributed by atoms with E-state index < -0.39 is 0 Å². The third kappa shape index (κ3) is 3.79. The first-order valence-corrected chi connectivity index (χ1v) is 8.15. The second-order valence-corrected chi connectivity index (χ2v) is 5.48. The minimum atomic E-state index is -0.0989. The quantitative estimate of drug-likeness (QED) is 0.794. The van der Waals surface area contributed by atoms with Crippen LogP contribution in [0.5, 0.6) is 5.75 Å². The fourth-order valence-corrected chi connectivity index (χ4v) is 2.89. The highest BCUT2D eigenvalue weighted by atomic mass is 32.2. The molecule has 1 aromatic carbocycles. The highest BCUT2D eigenvalue weighted by Crippen LogP contribution is 2.24. The maximum atomic E-state index is 12.1. The number of ether oxygens (including phenoxy) is 1. The lowest BCUT2D eigenvalue weighted by atomic mass is 10.3. The Morgan fingerprint density at radius 2 is 2.09 bits per heavy atom. The monoisotopic (exact) mass is 320 g/mol. The van der Waals surface area contributed by atoms with Gasteiger partial charge in [-0.05, 0) is 19.1 Å². The van der Waals surface area contributed by atoms with Gasteiger partial charge in [0.2, 0.25) is 5.91 Å². The molecule has 0 saturated heterocycles. The predicted molar refractivity (Wildman–Crippen MR) is 87.4 cm³/mol. The molecular formula is C15H20N4O2S. The predicted octanol–water partition coefficient (Wildman–Crippen LogP) is 2.60. The van der Waals surface area contributed by atoms with E-state index in [1.807, 2.05) is 42.7 Å². The van der Waals surface area contributed by atoms with Crippen LogP contribution < -0.4 is 10.1 Å². The van der Waals surface area contributed by atoms with Crippen molar-refractivity contribution in [3.63, 3.8) is 0 Å². The zero-order valence-electron chi connectivity index (χ0n) is 13.0. The molecule has 1 N–H and O–H groups in total.